The van der Waals surface area contributed by atoms with Crippen LogP contribution in [0.15, 0.2) is 18.2 Å². The first-order chi connectivity index (χ1) is 10.9. The van der Waals surface area contributed by atoms with Crippen LogP contribution in [0.4, 0.5) is 5.69 Å². The van der Waals surface area contributed by atoms with E-state index in [0.717, 1.165) is 12.1 Å². The molecule has 0 fully saturated rings. The van der Waals surface area contributed by atoms with Crippen molar-refractivity contribution in [2.75, 3.05) is 19.8 Å². The van der Waals surface area contributed by atoms with Crippen LogP contribution in [0.25, 0.3) is 0 Å². The highest BCUT2D eigenvalue weighted by Crippen LogP contribution is 2.28. The molecule has 1 aromatic carbocycles. The number of Topliss-reactive ketones (excluding diaryl/α,β-unsaturated/α-hetero) is 1. The van der Waals surface area contributed by atoms with Crippen molar-refractivity contribution in [1.29, 1.82) is 0 Å². The molecule has 0 aliphatic rings. The molecule has 9 nitrogen and oxygen atoms in total. The minimum Gasteiger partial charge on any atom is -0.475 e. The van der Waals surface area contributed by atoms with E-state index in [4.69, 9.17) is 4.74 Å². The van der Waals surface area contributed by atoms with Gasteiger partial charge in [-0.25, -0.2) is 9.59 Å². The Labute approximate surface area is 131 Å². The third-order valence-electron chi connectivity index (χ3n) is 2.53. The lowest BCUT2D eigenvalue weighted by Gasteiger charge is -2.07. The smallest absolute Gasteiger partial charge is 0.379 e. The van der Waals surface area contributed by atoms with Crippen LogP contribution >= 0.6 is 0 Å². The Morgan fingerprint density at radius 3 is 2.35 bits per heavy atom. The molecular formula is C14H15NO8. The Morgan fingerprint density at radius 1 is 1.13 bits per heavy atom. The van der Waals surface area contributed by atoms with E-state index in [0.29, 0.717) is 0 Å². The van der Waals surface area contributed by atoms with Crippen LogP contribution in [0.1, 0.15) is 24.2 Å². The van der Waals surface area contributed by atoms with Crippen LogP contribution in [-0.4, -0.2) is 42.5 Å². The first-order valence-corrected chi connectivity index (χ1v) is 6.69. The van der Waals surface area contributed by atoms with Crippen LogP contribution < -0.4 is 4.74 Å². The number of hydrogen-bond donors (Lipinski definition) is 0. The van der Waals surface area contributed by atoms with Gasteiger partial charge in [-0.05, 0) is 26.0 Å². The first-order valence-electron chi connectivity index (χ1n) is 6.69. The lowest BCUT2D eigenvalue weighted by atomic mass is 10.1. The molecule has 124 valence electrons. The third-order valence-corrected chi connectivity index (χ3v) is 2.53. The van der Waals surface area contributed by atoms with Crippen molar-refractivity contribution >= 4 is 23.4 Å². The van der Waals surface area contributed by atoms with Gasteiger partial charge < -0.3 is 14.2 Å². The average Bonchev–Trinajstić information content (AvgIpc) is 2.52. The van der Waals surface area contributed by atoms with Gasteiger partial charge in [0.05, 0.1) is 18.1 Å². The van der Waals surface area contributed by atoms with Gasteiger partial charge in [-0.15, -0.1) is 0 Å². The SMILES string of the molecule is CCOC(=O)COc1ccc(C(=O)C(=O)OCC)cc1[N+](=O)[O-]. The lowest BCUT2D eigenvalue weighted by Crippen LogP contribution is -2.18. The molecule has 0 bridgehead atoms. The summed E-state index contributed by atoms with van der Waals surface area (Å²) >= 11 is 0. The molecule has 0 unspecified atom stereocenters. The summed E-state index contributed by atoms with van der Waals surface area (Å²) in [6.07, 6.45) is 0. The van der Waals surface area contributed by atoms with Crippen molar-refractivity contribution in [1.82, 2.24) is 0 Å². The van der Waals surface area contributed by atoms with E-state index in [1.54, 1.807) is 6.92 Å². The van der Waals surface area contributed by atoms with Gasteiger partial charge in [0.1, 0.15) is 0 Å². The third kappa shape index (κ3) is 5.06. The average molecular weight is 325 g/mol. The number of carbonyl (C=O) groups is 3. The molecule has 0 spiro atoms. The normalized spacial score (nSPS) is 9.83. The second-order valence-corrected chi connectivity index (χ2v) is 4.08. The van der Waals surface area contributed by atoms with Crippen LogP contribution in [0.5, 0.6) is 5.75 Å². The Hall–Kier alpha value is -2.97. The fraction of sp³-hybridized carbons (Fsp3) is 0.357. The number of rotatable bonds is 8. The molecule has 9 heteroatoms. The molecule has 0 atom stereocenters. The highest BCUT2D eigenvalue weighted by atomic mass is 16.6. The van der Waals surface area contributed by atoms with Gasteiger partial charge in [-0.1, -0.05) is 0 Å². The monoisotopic (exact) mass is 325 g/mol. The topological polar surface area (TPSA) is 122 Å². The number of ether oxygens (including phenoxy) is 3. The zero-order valence-corrected chi connectivity index (χ0v) is 12.6. The van der Waals surface area contributed by atoms with Crippen molar-refractivity contribution in [2.45, 2.75) is 13.8 Å². The highest BCUT2D eigenvalue weighted by Gasteiger charge is 2.23. The predicted molar refractivity (Wildman–Crippen MR) is 76.2 cm³/mol. The summed E-state index contributed by atoms with van der Waals surface area (Å²) < 4.78 is 14.2. The molecule has 0 saturated heterocycles. The maximum atomic E-state index is 11.8. The van der Waals surface area contributed by atoms with Crippen molar-refractivity contribution < 1.29 is 33.5 Å². The van der Waals surface area contributed by atoms with Crippen LogP contribution in [-0.2, 0) is 19.1 Å². The number of nitrogens with zero attached hydrogens (tertiary/aromatic N) is 1. The number of nitro benzene ring substituents is 1. The first kappa shape index (κ1) is 18.1. The number of carbonyl (C=O) groups excluding carboxylic acids is 3. The molecule has 0 heterocycles. The minimum atomic E-state index is -1.11. The van der Waals surface area contributed by atoms with Gasteiger partial charge in [0.25, 0.3) is 5.78 Å². The minimum absolute atomic E-state index is 0.00734. The fourth-order valence-electron chi connectivity index (χ4n) is 1.58. The number of hydrogen-bond acceptors (Lipinski definition) is 8. The summed E-state index contributed by atoms with van der Waals surface area (Å²) in [5.74, 6) is -3.02. The van der Waals surface area contributed by atoms with Gasteiger partial charge in [-0.2, -0.15) is 0 Å². The molecular weight excluding hydrogens is 310 g/mol. The van der Waals surface area contributed by atoms with Gasteiger partial charge in [0.2, 0.25) is 0 Å². The standard InChI is InChI=1S/C14H15NO8/c1-3-21-12(16)8-23-11-6-5-9(7-10(11)15(19)20)13(17)14(18)22-4-2/h5-7H,3-4,8H2,1-2H3. The highest BCUT2D eigenvalue weighted by molar-refractivity contribution is 6.40. The zero-order valence-electron chi connectivity index (χ0n) is 12.6. The van der Waals surface area contributed by atoms with Gasteiger partial charge >= 0.3 is 17.6 Å². The van der Waals surface area contributed by atoms with Crippen molar-refractivity contribution in [2.24, 2.45) is 0 Å². The second kappa shape index (κ2) is 8.47. The quantitative estimate of drug-likeness (QED) is 0.230. The van der Waals surface area contributed by atoms with E-state index in [2.05, 4.69) is 9.47 Å². The zero-order chi connectivity index (χ0) is 17.4. The molecule has 0 radical (unpaired) electrons. The maximum absolute atomic E-state index is 11.8. The number of ketones is 1. The molecule has 0 aliphatic heterocycles. The molecule has 0 N–H and O–H groups in total. The number of nitro groups is 1. The summed E-state index contributed by atoms with van der Waals surface area (Å²) in [4.78, 5) is 44.6. The van der Waals surface area contributed by atoms with Gasteiger partial charge in [-0.3, -0.25) is 14.9 Å². The van der Waals surface area contributed by atoms with Gasteiger partial charge in [0, 0.05) is 11.6 Å². The van der Waals surface area contributed by atoms with Crippen LogP contribution in [0.3, 0.4) is 0 Å². The number of esters is 2. The van der Waals surface area contributed by atoms with E-state index in [1.807, 2.05) is 0 Å². The molecule has 23 heavy (non-hydrogen) atoms. The molecule has 1 rings (SSSR count). The van der Waals surface area contributed by atoms with Gasteiger partial charge in [0.15, 0.2) is 12.4 Å². The fourth-order valence-corrected chi connectivity index (χ4v) is 1.58. The van der Waals surface area contributed by atoms with E-state index >= 15 is 0 Å². The van der Waals surface area contributed by atoms with E-state index in [9.17, 15) is 24.5 Å². The summed E-state index contributed by atoms with van der Waals surface area (Å²) in [5, 5.41) is 11.0. The van der Waals surface area contributed by atoms with Crippen LogP contribution in [0.2, 0.25) is 0 Å². The van der Waals surface area contributed by atoms with Crippen molar-refractivity contribution in [3.8, 4) is 5.75 Å². The maximum Gasteiger partial charge on any atom is 0.379 e. The van der Waals surface area contributed by atoms with Crippen LogP contribution in [0, 0.1) is 10.1 Å². The predicted octanol–water partition coefficient (Wildman–Crippen LogP) is 1.28. The summed E-state index contributed by atoms with van der Waals surface area (Å²) in [6, 6.07) is 3.19. The lowest BCUT2D eigenvalue weighted by molar-refractivity contribution is -0.385. The Balaban J connectivity index is 2.98. The molecule has 0 aliphatic carbocycles. The second-order valence-electron chi connectivity index (χ2n) is 4.08. The Morgan fingerprint density at radius 2 is 1.78 bits per heavy atom. The summed E-state index contributed by atoms with van der Waals surface area (Å²) in [5.41, 5.74) is -0.761. The van der Waals surface area contributed by atoms with E-state index < -0.39 is 34.9 Å². The molecule has 0 aromatic heterocycles. The van der Waals surface area contributed by atoms with E-state index in [1.165, 1.54) is 13.0 Å². The molecule has 0 saturated carbocycles. The Bertz CT molecular complexity index is 625. The van der Waals surface area contributed by atoms with E-state index in [-0.39, 0.29) is 24.5 Å². The number of benzene rings is 1. The molecule has 1 aromatic rings. The van der Waals surface area contributed by atoms with Crippen molar-refractivity contribution in [3.63, 3.8) is 0 Å². The molecule has 0 amide bonds. The Kier molecular flexibility index (Phi) is 6.66. The summed E-state index contributed by atoms with van der Waals surface area (Å²) in [7, 11) is 0. The van der Waals surface area contributed by atoms with Crippen molar-refractivity contribution in [3.05, 3.63) is 33.9 Å². The largest absolute Gasteiger partial charge is 0.475 e. The summed E-state index contributed by atoms with van der Waals surface area (Å²) in [6.45, 7) is 2.78.